The Morgan fingerprint density at radius 3 is 2.28 bits per heavy atom. The summed E-state index contributed by atoms with van der Waals surface area (Å²) in [4.78, 5) is 16.2. The van der Waals surface area contributed by atoms with E-state index in [1.807, 2.05) is 0 Å². The number of hydrogen-bond donors (Lipinski definition) is 2. The first-order chi connectivity index (χ1) is 20.6. The lowest BCUT2D eigenvalue weighted by molar-refractivity contribution is -0.283. The standard InChI is InChI=1S/C33H47NO9/c1-7-34-16-30(17-38-2)13-12-21(40-4)33-20-14-31(36)22(41-5)15-32(37,24(27(33)34)25(42-6)26(30)33)23(20)28(31)43-29(35)18-8-10-19(39-3)11-9-18/h8-11,20-28,36-37H,7,12-17H2,1-6H3/t20-,21?,22+,23-,24+,25+,26-,27-,28-,30+,31+,32-,33?/m1/s1. The van der Waals surface area contributed by atoms with Gasteiger partial charge in [-0.1, -0.05) is 6.92 Å². The van der Waals surface area contributed by atoms with E-state index < -0.39 is 40.7 Å². The van der Waals surface area contributed by atoms with Gasteiger partial charge in [0, 0.05) is 76.0 Å². The normalized spacial score (nSPS) is 49.2. The first-order valence-electron chi connectivity index (χ1n) is 15.8. The molecule has 10 heteroatoms. The highest BCUT2D eigenvalue weighted by molar-refractivity contribution is 5.89. The number of fused-ring (bicyclic) bond motifs is 2. The summed E-state index contributed by atoms with van der Waals surface area (Å²) in [5.41, 5.74) is -3.05. The SMILES string of the molecule is CCN1C[C@]2(COC)CCC(OC)C34[C@@H]5C[C@]6(O)[C@@H](OC)C[C@@](O)([C@H]5[C@H]6OC(=O)c5ccc(OC)cc5)[C@@H]([C@H](OC)[C@@H]32)[C@@H]14. The van der Waals surface area contributed by atoms with E-state index in [1.54, 1.807) is 59.8 Å². The molecule has 1 aromatic rings. The molecule has 1 spiro atoms. The third-order valence-electron chi connectivity index (χ3n) is 13.0. The lowest BCUT2D eigenvalue weighted by Crippen LogP contribution is -2.77. The predicted octanol–water partition coefficient (Wildman–Crippen LogP) is 2.14. The molecular formula is C33H47NO9. The molecule has 1 aliphatic heterocycles. The zero-order chi connectivity index (χ0) is 30.5. The average Bonchev–Trinajstić information content (AvgIpc) is 3.40. The van der Waals surface area contributed by atoms with E-state index in [-0.39, 0.29) is 47.8 Å². The topological polar surface area (TPSA) is 116 Å². The highest BCUT2D eigenvalue weighted by Gasteiger charge is 2.88. The molecular weight excluding hydrogens is 554 g/mol. The molecule has 1 saturated heterocycles. The predicted molar refractivity (Wildman–Crippen MR) is 155 cm³/mol. The Bertz CT molecular complexity index is 1250. The summed E-state index contributed by atoms with van der Waals surface area (Å²) in [6.07, 6.45) is 0.328. The number of methoxy groups -OCH3 is 5. The number of likely N-dealkylation sites (tertiary alicyclic amines) is 1. The molecule has 43 heavy (non-hydrogen) atoms. The van der Waals surface area contributed by atoms with Crippen molar-refractivity contribution in [1.82, 2.24) is 4.90 Å². The van der Waals surface area contributed by atoms with Gasteiger partial charge in [0.1, 0.15) is 17.5 Å². The van der Waals surface area contributed by atoms with Crippen LogP contribution in [-0.2, 0) is 23.7 Å². The van der Waals surface area contributed by atoms with Crippen molar-refractivity contribution in [1.29, 1.82) is 0 Å². The molecule has 6 fully saturated rings. The summed E-state index contributed by atoms with van der Waals surface area (Å²) >= 11 is 0. The molecule has 1 heterocycles. The third kappa shape index (κ3) is 3.52. The number of aliphatic hydroxyl groups is 2. The number of ether oxygens (including phenoxy) is 6. The number of esters is 1. The van der Waals surface area contributed by atoms with Crippen molar-refractivity contribution in [2.75, 3.05) is 55.2 Å². The number of carbonyl (C=O) groups is 1. The third-order valence-corrected chi connectivity index (χ3v) is 13.0. The number of rotatable bonds is 9. The molecule has 5 saturated carbocycles. The molecule has 13 atom stereocenters. The fourth-order valence-corrected chi connectivity index (χ4v) is 12.0. The van der Waals surface area contributed by atoms with Crippen LogP contribution >= 0.6 is 0 Å². The van der Waals surface area contributed by atoms with E-state index in [0.29, 0.717) is 24.3 Å². The fourth-order valence-electron chi connectivity index (χ4n) is 12.0. The summed E-state index contributed by atoms with van der Waals surface area (Å²) in [6, 6.07) is 6.72. The molecule has 7 rings (SSSR count). The van der Waals surface area contributed by atoms with Gasteiger partial charge in [0.2, 0.25) is 0 Å². The van der Waals surface area contributed by atoms with Gasteiger partial charge >= 0.3 is 5.97 Å². The van der Waals surface area contributed by atoms with Crippen LogP contribution in [-0.4, -0.2) is 118 Å². The van der Waals surface area contributed by atoms with Gasteiger partial charge in [-0.25, -0.2) is 4.79 Å². The number of carbonyl (C=O) groups excluding carboxylic acids is 1. The van der Waals surface area contributed by atoms with Crippen LogP contribution in [0.15, 0.2) is 24.3 Å². The Morgan fingerprint density at radius 1 is 0.953 bits per heavy atom. The van der Waals surface area contributed by atoms with Gasteiger partial charge in [-0.3, -0.25) is 4.90 Å². The summed E-state index contributed by atoms with van der Waals surface area (Å²) in [6.45, 7) is 4.45. The maximum atomic E-state index is 13.7. The molecule has 6 aliphatic rings. The van der Waals surface area contributed by atoms with Crippen LogP contribution in [0.4, 0.5) is 0 Å². The highest BCUT2D eigenvalue weighted by Crippen LogP contribution is 2.80. The van der Waals surface area contributed by atoms with Crippen LogP contribution < -0.4 is 4.74 Å². The number of benzene rings is 1. The van der Waals surface area contributed by atoms with Gasteiger partial charge in [-0.15, -0.1) is 0 Å². The van der Waals surface area contributed by atoms with Gasteiger partial charge in [-0.2, -0.15) is 0 Å². The van der Waals surface area contributed by atoms with Crippen LogP contribution in [0.25, 0.3) is 0 Å². The van der Waals surface area contributed by atoms with Crippen LogP contribution in [0.1, 0.15) is 43.0 Å². The van der Waals surface area contributed by atoms with Crippen LogP contribution in [0.2, 0.25) is 0 Å². The second-order valence-corrected chi connectivity index (χ2v) is 14.1. The molecule has 0 aromatic heterocycles. The molecule has 7 bridgehead atoms. The van der Waals surface area contributed by atoms with Crippen molar-refractivity contribution in [2.24, 2.45) is 34.5 Å². The van der Waals surface area contributed by atoms with Crippen molar-refractivity contribution in [3.63, 3.8) is 0 Å². The van der Waals surface area contributed by atoms with Crippen molar-refractivity contribution in [2.45, 2.75) is 74.3 Å². The Labute approximate surface area is 253 Å². The average molecular weight is 602 g/mol. The molecule has 0 radical (unpaired) electrons. The smallest absolute Gasteiger partial charge is 0.338 e. The van der Waals surface area contributed by atoms with E-state index in [9.17, 15) is 15.0 Å². The van der Waals surface area contributed by atoms with Gasteiger partial charge < -0.3 is 38.6 Å². The molecule has 0 amide bonds. The largest absolute Gasteiger partial charge is 0.497 e. The first-order valence-corrected chi connectivity index (χ1v) is 15.8. The summed E-state index contributed by atoms with van der Waals surface area (Å²) in [5.74, 6) is -0.864. The Morgan fingerprint density at radius 2 is 1.67 bits per heavy atom. The Hall–Kier alpha value is -1.79. The van der Waals surface area contributed by atoms with Gasteiger partial charge in [0.15, 0.2) is 0 Å². The summed E-state index contributed by atoms with van der Waals surface area (Å²) in [5, 5.41) is 25.8. The maximum absolute atomic E-state index is 13.7. The van der Waals surface area contributed by atoms with Crippen LogP contribution in [0.5, 0.6) is 5.75 Å². The fraction of sp³-hybridized carbons (Fsp3) is 0.788. The second-order valence-electron chi connectivity index (χ2n) is 14.1. The molecule has 2 N–H and O–H groups in total. The maximum Gasteiger partial charge on any atom is 0.338 e. The van der Waals surface area contributed by atoms with Crippen molar-refractivity contribution >= 4 is 5.97 Å². The zero-order valence-electron chi connectivity index (χ0n) is 26.2. The number of nitrogens with zero attached hydrogens (tertiary/aromatic N) is 1. The minimum Gasteiger partial charge on any atom is -0.497 e. The summed E-state index contributed by atoms with van der Waals surface area (Å²) in [7, 11) is 8.46. The van der Waals surface area contributed by atoms with Crippen molar-refractivity contribution in [3.8, 4) is 5.75 Å². The van der Waals surface area contributed by atoms with E-state index in [4.69, 9.17) is 28.4 Å². The van der Waals surface area contributed by atoms with Crippen molar-refractivity contribution in [3.05, 3.63) is 29.8 Å². The Balaban J connectivity index is 1.41. The Kier molecular flexibility index (Phi) is 7.03. The van der Waals surface area contributed by atoms with E-state index in [0.717, 1.165) is 25.9 Å². The molecule has 2 unspecified atom stereocenters. The number of piperidine rings is 1. The van der Waals surface area contributed by atoms with E-state index >= 15 is 0 Å². The number of hydrogen-bond acceptors (Lipinski definition) is 10. The van der Waals surface area contributed by atoms with Crippen LogP contribution in [0, 0.1) is 34.5 Å². The second kappa shape index (κ2) is 10.1. The quantitative estimate of drug-likeness (QED) is 0.408. The molecule has 1 aromatic carbocycles. The minimum atomic E-state index is -1.47. The van der Waals surface area contributed by atoms with E-state index in [2.05, 4.69) is 11.8 Å². The highest BCUT2D eigenvalue weighted by atomic mass is 16.6. The monoisotopic (exact) mass is 601 g/mol. The van der Waals surface area contributed by atoms with Crippen LogP contribution in [0.3, 0.4) is 0 Å². The summed E-state index contributed by atoms with van der Waals surface area (Å²) < 4.78 is 36.5. The molecule has 238 valence electrons. The van der Waals surface area contributed by atoms with Gasteiger partial charge in [-0.05, 0) is 56.0 Å². The lowest BCUT2D eigenvalue weighted by atomic mass is 9.43. The van der Waals surface area contributed by atoms with Crippen molar-refractivity contribution < 1.29 is 43.4 Å². The minimum absolute atomic E-state index is 0.0233. The lowest BCUT2D eigenvalue weighted by Gasteiger charge is -2.69. The first kappa shape index (κ1) is 29.9. The molecule has 10 nitrogen and oxygen atoms in total. The van der Waals surface area contributed by atoms with Gasteiger partial charge in [0.05, 0.1) is 43.2 Å². The molecule has 5 aliphatic carbocycles. The van der Waals surface area contributed by atoms with Gasteiger partial charge in [0.25, 0.3) is 0 Å². The zero-order valence-corrected chi connectivity index (χ0v) is 26.2. The van der Waals surface area contributed by atoms with E-state index in [1.165, 1.54) is 0 Å².